The van der Waals surface area contributed by atoms with Crippen LogP contribution < -0.4 is 10.6 Å². The Morgan fingerprint density at radius 3 is 2.59 bits per heavy atom. The van der Waals surface area contributed by atoms with Crippen LogP contribution in [0.25, 0.3) is 0 Å². The lowest BCUT2D eigenvalue weighted by atomic mass is 10.1. The van der Waals surface area contributed by atoms with Gasteiger partial charge in [-0.15, -0.1) is 0 Å². The quantitative estimate of drug-likeness (QED) is 0.595. The van der Waals surface area contributed by atoms with Crippen LogP contribution in [0.1, 0.15) is 26.3 Å². The molecular formula is C22H20FN3O3. The topological polar surface area (TPSA) is 80.3 Å². The van der Waals surface area contributed by atoms with Gasteiger partial charge in [0.05, 0.1) is 18.2 Å². The molecule has 0 radical (unpaired) electrons. The van der Waals surface area contributed by atoms with E-state index in [0.29, 0.717) is 41.2 Å². The SMILES string of the molecule is COC(=O)c1cccc(NC(=O)c2ccc(NCCc3ccccc3F)nc2)c1. The molecule has 0 spiro atoms. The Labute approximate surface area is 167 Å². The summed E-state index contributed by atoms with van der Waals surface area (Å²) >= 11 is 0. The van der Waals surface area contributed by atoms with Gasteiger partial charge in [-0.1, -0.05) is 24.3 Å². The van der Waals surface area contributed by atoms with Crippen LogP contribution in [0.4, 0.5) is 15.9 Å². The van der Waals surface area contributed by atoms with Crippen molar-refractivity contribution in [3.8, 4) is 0 Å². The molecule has 29 heavy (non-hydrogen) atoms. The van der Waals surface area contributed by atoms with E-state index in [2.05, 4.69) is 20.4 Å². The Balaban J connectivity index is 1.56. The summed E-state index contributed by atoms with van der Waals surface area (Å²) in [5, 5.41) is 5.82. The van der Waals surface area contributed by atoms with Crippen LogP contribution in [0.15, 0.2) is 66.9 Å². The molecule has 2 aromatic carbocycles. The third-order valence-electron chi connectivity index (χ3n) is 4.23. The highest BCUT2D eigenvalue weighted by molar-refractivity contribution is 6.04. The average molecular weight is 393 g/mol. The second kappa shape index (κ2) is 9.45. The first-order valence-corrected chi connectivity index (χ1v) is 9.00. The molecule has 3 aromatic rings. The predicted octanol–water partition coefficient (Wildman–Crippen LogP) is 3.91. The van der Waals surface area contributed by atoms with Crippen LogP contribution in [0.2, 0.25) is 0 Å². The molecule has 2 N–H and O–H groups in total. The number of nitrogens with one attached hydrogen (secondary N) is 2. The number of pyridine rings is 1. The molecule has 148 valence electrons. The third-order valence-corrected chi connectivity index (χ3v) is 4.23. The number of aromatic nitrogens is 1. The summed E-state index contributed by atoms with van der Waals surface area (Å²) in [6.07, 6.45) is 1.97. The van der Waals surface area contributed by atoms with E-state index in [1.54, 1.807) is 48.5 Å². The minimum atomic E-state index is -0.478. The number of esters is 1. The number of hydrogen-bond acceptors (Lipinski definition) is 5. The van der Waals surface area contributed by atoms with Gasteiger partial charge in [0.15, 0.2) is 0 Å². The largest absolute Gasteiger partial charge is 0.465 e. The molecular weight excluding hydrogens is 373 g/mol. The Morgan fingerprint density at radius 1 is 1.03 bits per heavy atom. The minimum absolute atomic E-state index is 0.231. The molecule has 0 aliphatic carbocycles. The number of benzene rings is 2. The van der Waals surface area contributed by atoms with E-state index >= 15 is 0 Å². The molecule has 6 nitrogen and oxygen atoms in total. The van der Waals surface area contributed by atoms with Gasteiger partial charge in [0, 0.05) is 18.4 Å². The van der Waals surface area contributed by atoms with E-state index in [-0.39, 0.29) is 11.7 Å². The second-order valence-corrected chi connectivity index (χ2v) is 6.23. The van der Waals surface area contributed by atoms with Gasteiger partial charge in [0.1, 0.15) is 11.6 Å². The van der Waals surface area contributed by atoms with Crippen molar-refractivity contribution in [3.63, 3.8) is 0 Å². The number of amides is 1. The molecule has 0 saturated heterocycles. The lowest BCUT2D eigenvalue weighted by Crippen LogP contribution is -2.13. The van der Waals surface area contributed by atoms with Gasteiger partial charge in [0.25, 0.3) is 5.91 Å². The Bertz CT molecular complexity index is 1010. The molecule has 0 unspecified atom stereocenters. The smallest absolute Gasteiger partial charge is 0.337 e. The molecule has 1 amide bonds. The summed E-state index contributed by atoms with van der Waals surface area (Å²) < 4.78 is 18.3. The molecule has 0 atom stereocenters. The number of ether oxygens (including phenoxy) is 1. The molecule has 0 aliphatic heterocycles. The predicted molar refractivity (Wildman–Crippen MR) is 109 cm³/mol. The first-order valence-electron chi connectivity index (χ1n) is 9.00. The molecule has 3 rings (SSSR count). The van der Waals surface area contributed by atoms with Crippen molar-refractivity contribution in [3.05, 3.63) is 89.4 Å². The molecule has 0 aliphatic rings. The average Bonchev–Trinajstić information content (AvgIpc) is 2.75. The molecule has 1 heterocycles. The van der Waals surface area contributed by atoms with Gasteiger partial charge in [0.2, 0.25) is 0 Å². The summed E-state index contributed by atoms with van der Waals surface area (Å²) in [4.78, 5) is 28.2. The zero-order valence-corrected chi connectivity index (χ0v) is 15.8. The summed E-state index contributed by atoms with van der Waals surface area (Å²) in [5.74, 6) is -0.470. The van der Waals surface area contributed by atoms with Crippen LogP contribution in [0, 0.1) is 5.82 Å². The highest BCUT2D eigenvalue weighted by atomic mass is 19.1. The van der Waals surface area contributed by atoms with Gasteiger partial charge in [-0.3, -0.25) is 4.79 Å². The maximum Gasteiger partial charge on any atom is 0.337 e. The van der Waals surface area contributed by atoms with Crippen molar-refractivity contribution in [1.29, 1.82) is 0 Å². The number of hydrogen-bond donors (Lipinski definition) is 2. The summed E-state index contributed by atoms with van der Waals surface area (Å²) in [6, 6.07) is 16.4. The van der Waals surface area contributed by atoms with Crippen molar-refractivity contribution in [2.75, 3.05) is 24.3 Å². The first-order chi connectivity index (χ1) is 14.1. The summed E-state index contributed by atoms with van der Waals surface area (Å²) in [6.45, 7) is 0.514. The maximum absolute atomic E-state index is 13.6. The van der Waals surface area contributed by atoms with Gasteiger partial charge < -0.3 is 15.4 Å². The molecule has 0 saturated carbocycles. The van der Waals surface area contributed by atoms with Crippen molar-refractivity contribution in [2.45, 2.75) is 6.42 Å². The fourth-order valence-corrected chi connectivity index (χ4v) is 2.70. The minimum Gasteiger partial charge on any atom is -0.465 e. The van der Waals surface area contributed by atoms with Crippen LogP contribution in [-0.4, -0.2) is 30.5 Å². The second-order valence-electron chi connectivity index (χ2n) is 6.23. The monoisotopic (exact) mass is 393 g/mol. The van der Waals surface area contributed by atoms with Crippen molar-refractivity contribution < 1.29 is 18.7 Å². The van der Waals surface area contributed by atoms with Crippen LogP contribution in [0.5, 0.6) is 0 Å². The summed E-state index contributed by atoms with van der Waals surface area (Å²) in [7, 11) is 1.30. The molecule has 0 bridgehead atoms. The number of rotatable bonds is 7. The van der Waals surface area contributed by atoms with Crippen LogP contribution in [0.3, 0.4) is 0 Å². The number of anilines is 2. The zero-order chi connectivity index (χ0) is 20.6. The molecule has 1 aromatic heterocycles. The lowest BCUT2D eigenvalue weighted by Gasteiger charge is -2.09. The number of carbonyl (C=O) groups is 2. The first kappa shape index (κ1) is 20.0. The Kier molecular flexibility index (Phi) is 6.52. The lowest BCUT2D eigenvalue weighted by molar-refractivity contribution is 0.0600. The number of carbonyl (C=O) groups excluding carboxylic acids is 2. The number of nitrogens with zero attached hydrogens (tertiary/aromatic N) is 1. The Morgan fingerprint density at radius 2 is 1.86 bits per heavy atom. The van der Waals surface area contributed by atoms with E-state index in [4.69, 9.17) is 0 Å². The normalized spacial score (nSPS) is 10.3. The van der Waals surface area contributed by atoms with Crippen LogP contribution >= 0.6 is 0 Å². The Hall–Kier alpha value is -3.74. The number of halogens is 1. The third kappa shape index (κ3) is 5.38. The van der Waals surface area contributed by atoms with Gasteiger partial charge >= 0.3 is 5.97 Å². The highest BCUT2D eigenvalue weighted by Crippen LogP contribution is 2.14. The summed E-state index contributed by atoms with van der Waals surface area (Å²) in [5.41, 5.74) is 1.82. The van der Waals surface area contributed by atoms with Crippen molar-refractivity contribution >= 4 is 23.4 Å². The van der Waals surface area contributed by atoms with E-state index in [0.717, 1.165) is 0 Å². The van der Waals surface area contributed by atoms with Crippen molar-refractivity contribution in [2.24, 2.45) is 0 Å². The maximum atomic E-state index is 13.6. The fourth-order valence-electron chi connectivity index (χ4n) is 2.70. The van der Waals surface area contributed by atoms with Gasteiger partial charge in [-0.2, -0.15) is 0 Å². The van der Waals surface area contributed by atoms with Gasteiger partial charge in [-0.05, 0) is 48.4 Å². The zero-order valence-electron chi connectivity index (χ0n) is 15.8. The van der Waals surface area contributed by atoms with E-state index in [9.17, 15) is 14.0 Å². The molecule has 0 fully saturated rings. The van der Waals surface area contributed by atoms with E-state index in [1.807, 2.05) is 0 Å². The van der Waals surface area contributed by atoms with Crippen molar-refractivity contribution in [1.82, 2.24) is 4.98 Å². The highest BCUT2D eigenvalue weighted by Gasteiger charge is 2.10. The number of methoxy groups -OCH3 is 1. The van der Waals surface area contributed by atoms with Gasteiger partial charge in [-0.25, -0.2) is 14.2 Å². The van der Waals surface area contributed by atoms with E-state index in [1.165, 1.54) is 25.4 Å². The molecule has 7 heteroatoms. The van der Waals surface area contributed by atoms with E-state index < -0.39 is 5.97 Å². The van der Waals surface area contributed by atoms with Crippen LogP contribution in [-0.2, 0) is 11.2 Å². The fraction of sp³-hybridized carbons (Fsp3) is 0.136. The standard InChI is InChI=1S/C22H20FN3O3/c1-29-22(28)16-6-4-7-18(13-16)26-21(27)17-9-10-20(25-14-17)24-12-11-15-5-2-3-8-19(15)23/h2-10,13-14H,11-12H2,1H3,(H,24,25)(H,26,27).